The number of pyridine rings is 1. The molecule has 1 aromatic heterocycles. The summed E-state index contributed by atoms with van der Waals surface area (Å²) in [5.41, 5.74) is 0.306. The Balaban J connectivity index is 1.41. The van der Waals surface area contributed by atoms with Crippen LogP contribution in [0.25, 0.3) is 0 Å². The Kier molecular flexibility index (Phi) is 13.5. The van der Waals surface area contributed by atoms with Crippen LogP contribution in [-0.2, 0) is 0 Å². The number of hydrogen-bond acceptors (Lipinski definition) is 7. The summed E-state index contributed by atoms with van der Waals surface area (Å²) in [4.78, 5) is 29.1. The van der Waals surface area contributed by atoms with E-state index in [4.69, 9.17) is 18.9 Å². The first-order valence-electron chi connectivity index (χ1n) is 14.4. The Labute approximate surface area is 237 Å². The Morgan fingerprint density at radius 3 is 1.45 bits per heavy atom. The maximum atomic E-state index is 12.5. The minimum atomic E-state index is -0.620. The molecule has 3 aromatic rings. The van der Waals surface area contributed by atoms with Gasteiger partial charge in [-0.05, 0) is 73.5 Å². The van der Waals surface area contributed by atoms with Crippen molar-refractivity contribution in [3.05, 3.63) is 78.1 Å². The topological polar surface area (TPSA) is 84.0 Å². The van der Waals surface area contributed by atoms with Crippen molar-refractivity contribution in [2.24, 2.45) is 0 Å². The fourth-order valence-corrected chi connectivity index (χ4v) is 3.96. The normalized spacial score (nSPS) is 10.7. The van der Waals surface area contributed by atoms with E-state index in [1.165, 1.54) is 56.9 Å². The van der Waals surface area contributed by atoms with Crippen molar-refractivity contribution in [2.45, 2.75) is 78.1 Å². The first-order valence-corrected chi connectivity index (χ1v) is 14.4. The highest BCUT2D eigenvalue weighted by Gasteiger charge is 2.14. The molecular formula is C33H41NO6. The molecule has 0 unspecified atom stereocenters. The summed E-state index contributed by atoms with van der Waals surface area (Å²) in [6.45, 7) is 5.73. The van der Waals surface area contributed by atoms with E-state index in [1.54, 1.807) is 48.5 Å². The van der Waals surface area contributed by atoms with E-state index in [2.05, 4.69) is 18.8 Å². The molecule has 214 valence electrons. The van der Waals surface area contributed by atoms with Crippen LogP contribution in [-0.4, -0.2) is 30.1 Å². The minimum Gasteiger partial charge on any atom is -0.494 e. The molecule has 0 N–H and O–H groups in total. The standard InChI is InChI=1S/C33H41NO6/c1-3-5-7-9-11-23-37-27-14-18-29(19-15-27)39-32(35)26-13-22-31(34-25-26)33(36)40-30-20-16-28(17-21-30)38-24-12-10-8-6-4-2/h13-22,25H,3-12,23-24H2,1-2H3. The number of hydrogen-bond donors (Lipinski definition) is 0. The molecule has 0 saturated carbocycles. The lowest BCUT2D eigenvalue weighted by Gasteiger charge is -2.09. The average Bonchev–Trinajstić information content (AvgIpc) is 2.98. The lowest BCUT2D eigenvalue weighted by atomic mass is 10.2. The zero-order chi connectivity index (χ0) is 28.4. The second kappa shape index (κ2) is 17.7. The maximum absolute atomic E-state index is 12.5. The summed E-state index contributed by atoms with van der Waals surface area (Å²) < 4.78 is 22.3. The lowest BCUT2D eigenvalue weighted by Crippen LogP contribution is -2.13. The average molecular weight is 548 g/mol. The molecule has 7 heteroatoms. The molecule has 1 heterocycles. The Hall–Kier alpha value is -3.87. The fourth-order valence-electron chi connectivity index (χ4n) is 3.96. The maximum Gasteiger partial charge on any atom is 0.362 e. The van der Waals surface area contributed by atoms with E-state index in [0.29, 0.717) is 24.7 Å². The Bertz CT molecular complexity index is 1050. The van der Waals surface area contributed by atoms with E-state index in [9.17, 15) is 9.59 Å². The molecule has 0 bridgehead atoms. The molecule has 40 heavy (non-hydrogen) atoms. The first kappa shape index (κ1) is 30.7. The predicted octanol–water partition coefficient (Wildman–Crippen LogP) is 8.22. The quantitative estimate of drug-likeness (QED) is 0.0901. The van der Waals surface area contributed by atoms with E-state index in [0.717, 1.165) is 37.2 Å². The monoisotopic (exact) mass is 547 g/mol. The van der Waals surface area contributed by atoms with Gasteiger partial charge in [0.2, 0.25) is 0 Å². The van der Waals surface area contributed by atoms with Crippen LogP contribution in [0, 0.1) is 0 Å². The van der Waals surface area contributed by atoms with E-state index < -0.39 is 11.9 Å². The molecule has 7 nitrogen and oxygen atoms in total. The number of unbranched alkanes of at least 4 members (excludes halogenated alkanes) is 8. The fraction of sp³-hybridized carbons (Fsp3) is 0.424. The van der Waals surface area contributed by atoms with Crippen LogP contribution in [0.2, 0.25) is 0 Å². The van der Waals surface area contributed by atoms with Gasteiger partial charge in [0.05, 0.1) is 18.8 Å². The molecule has 0 fully saturated rings. The third-order valence-corrected chi connectivity index (χ3v) is 6.31. The summed E-state index contributed by atoms with van der Waals surface area (Å²) in [5.74, 6) is 1.06. The van der Waals surface area contributed by atoms with Gasteiger partial charge in [-0.25, -0.2) is 14.6 Å². The molecule has 0 saturated heterocycles. The molecular weight excluding hydrogens is 506 g/mol. The zero-order valence-electron chi connectivity index (χ0n) is 23.7. The van der Waals surface area contributed by atoms with Crippen molar-refractivity contribution in [3.63, 3.8) is 0 Å². The van der Waals surface area contributed by atoms with Crippen LogP contribution >= 0.6 is 0 Å². The van der Waals surface area contributed by atoms with Gasteiger partial charge in [0, 0.05) is 6.20 Å². The van der Waals surface area contributed by atoms with E-state index in [1.807, 2.05) is 0 Å². The molecule has 0 aliphatic heterocycles. The number of aromatic nitrogens is 1. The van der Waals surface area contributed by atoms with Gasteiger partial charge in [0.1, 0.15) is 28.7 Å². The Morgan fingerprint density at radius 1 is 0.550 bits per heavy atom. The predicted molar refractivity (Wildman–Crippen MR) is 156 cm³/mol. The third kappa shape index (κ3) is 11.1. The van der Waals surface area contributed by atoms with Crippen LogP contribution < -0.4 is 18.9 Å². The summed E-state index contributed by atoms with van der Waals surface area (Å²) in [5, 5.41) is 0. The second-order valence-electron chi connectivity index (χ2n) is 9.68. The van der Waals surface area contributed by atoms with Gasteiger partial charge >= 0.3 is 11.9 Å². The summed E-state index contributed by atoms with van der Waals surface area (Å²) in [7, 11) is 0. The van der Waals surface area contributed by atoms with Crippen molar-refractivity contribution < 1.29 is 28.5 Å². The van der Waals surface area contributed by atoms with Crippen LogP contribution in [0.3, 0.4) is 0 Å². The van der Waals surface area contributed by atoms with Gasteiger partial charge in [-0.15, -0.1) is 0 Å². The molecule has 0 aliphatic rings. The molecule has 0 amide bonds. The summed E-state index contributed by atoms with van der Waals surface area (Å²) in [6, 6.07) is 16.8. The van der Waals surface area contributed by atoms with E-state index >= 15 is 0 Å². The number of ether oxygens (including phenoxy) is 4. The highest BCUT2D eigenvalue weighted by molar-refractivity contribution is 5.93. The summed E-state index contributed by atoms with van der Waals surface area (Å²) >= 11 is 0. The molecule has 0 atom stereocenters. The van der Waals surface area contributed by atoms with Gasteiger partial charge in [0.25, 0.3) is 0 Å². The van der Waals surface area contributed by atoms with E-state index in [-0.39, 0.29) is 11.3 Å². The van der Waals surface area contributed by atoms with Crippen molar-refractivity contribution >= 4 is 11.9 Å². The number of benzene rings is 2. The lowest BCUT2D eigenvalue weighted by molar-refractivity contribution is 0.0715. The van der Waals surface area contributed by atoms with Gasteiger partial charge in [0.15, 0.2) is 0 Å². The highest BCUT2D eigenvalue weighted by Crippen LogP contribution is 2.21. The molecule has 0 spiro atoms. The molecule has 0 radical (unpaired) electrons. The molecule has 2 aromatic carbocycles. The van der Waals surface area contributed by atoms with Gasteiger partial charge in [-0.3, -0.25) is 0 Å². The number of nitrogens with zero attached hydrogens (tertiary/aromatic N) is 1. The second-order valence-corrected chi connectivity index (χ2v) is 9.68. The van der Waals surface area contributed by atoms with Crippen molar-refractivity contribution in [2.75, 3.05) is 13.2 Å². The minimum absolute atomic E-state index is 0.0835. The van der Waals surface area contributed by atoms with Crippen molar-refractivity contribution in [1.29, 1.82) is 0 Å². The number of esters is 2. The van der Waals surface area contributed by atoms with Crippen LogP contribution in [0.15, 0.2) is 66.9 Å². The van der Waals surface area contributed by atoms with Gasteiger partial charge < -0.3 is 18.9 Å². The Morgan fingerprint density at radius 2 is 1.00 bits per heavy atom. The largest absolute Gasteiger partial charge is 0.494 e. The van der Waals surface area contributed by atoms with Crippen molar-refractivity contribution in [1.82, 2.24) is 4.98 Å². The zero-order valence-corrected chi connectivity index (χ0v) is 23.7. The number of rotatable bonds is 18. The highest BCUT2D eigenvalue weighted by atomic mass is 16.5. The van der Waals surface area contributed by atoms with Gasteiger partial charge in [-0.2, -0.15) is 0 Å². The first-order chi connectivity index (χ1) is 19.6. The van der Waals surface area contributed by atoms with Crippen LogP contribution in [0.4, 0.5) is 0 Å². The van der Waals surface area contributed by atoms with Crippen LogP contribution in [0.1, 0.15) is 98.9 Å². The summed E-state index contributed by atoms with van der Waals surface area (Å²) in [6.07, 6.45) is 13.1. The number of carbonyl (C=O) groups excluding carboxylic acids is 2. The SMILES string of the molecule is CCCCCCCOc1ccc(OC(=O)c2ccc(C(=O)Oc3ccc(OCCCCCCC)cc3)nc2)cc1. The molecule has 0 aliphatic carbocycles. The third-order valence-electron chi connectivity index (χ3n) is 6.31. The van der Waals surface area contributed by atoms with Crippen molar-refractivity contribution in [3.8, 4) is 23.0 Å². The van der Waals surface area contributed by atoms with Gasteiger partial charge in [-0.1, -0.05) is 65.2 Å². The number of carbonyl (C=O) groups is 2. The molecule has 3 rings (SSSR count). The van der Waals surface area contributed by atoms with Crippen LogP contribution in [0.5, 0.6) is 23.0 Å². The smallest absolute Gasteiger partial charge is 0.362 e.